The zero-order valence-corrected chi connectivity index (χ0v) is 16.7. The number of carbonyl (C=O) groups is 1. The lowest BCUT2D eigenvalue weighted by molar-refractivity contribution is -0.137. The van der Waals surface area contributed by atoms with Crippen molar-refractivity contribution in [2.45, 2.75) is 23.9 Å². The molecule has 1 N–H and O–H groups in total. The third-order valence-corrected chi connectivity index (χ3v) is 6.49. The number of alkyl halides is 3. The van der Waals surface area contributed by atoms with E-state index in [0.29, 0.717) is 13.1 Å². The second kappa shape index (κ2) is 8.90. The summed E-state index contributed by atoms with van der Waals surface area (Å²) < 4.78 is 64.5. The molecule has 1 heterocycles. The fourth-order valence-corrected chi connectivity index (χ4v) is 4.52. The van der Waals surface area contributed by atoms with Crippen molar-refractivity contribution in [3.05, 3.63) is 65.2 Å². The Labute approximate surface area is 172 Å². The molecular formula is C21H19F3N2O3S. The van der Waals surface area contributed by atoms with Crippen molar-refractivity contribution in [2.75, 3.05) is 19.6 Å². The van der Waals surface area contributed by atoms with Crippen molar-refractivity contribution < 1.29 is 26.4 Å². The Morgan fingerprint density at radius 2 is 1.73 bits per heavy atom. The minimum Gasteiger partial charge on any atom is -0.341 e. The quantitative estimate of drug-likeness (QED) is 0.749. The van der Waals surface area contributed by atoms with Crippen molar-refractivity contribution >= 4 is 15.9 Å². The van der Waals surface area contributed by atoms with Gasteiger partial charge in [0.25, 0.3) is 5.91 Å². The Kier molecular flexibility index (Phi) is 6.48. The van der Waals surface area contributed by atoms with E-state index in [1.807, 2.05) is 0 Å². The fourth-order valence-electron chi connectivity index (χ4n) is 3.00. The Morgan fingerprint density at radius 3 is 2.37 bits per heavy atom. The fraction of sp³-hybridized carbons (Fsp3) is 0.286. The minimum absolute atomic E-state index is 0.0666. The minimum atomic E-state index is -4.44. The van der Waals surface area contributed by atoms with E-state index in [1.54, 1.807) is 0 Å². The standard InChI is InChI=1S/C21H19F3N2O3S/c22-21(23,24)18-7-3-5-16(15-18)6-4-12-25-20(27)17-8-10-19(11-9-17)30(28,29)26-13-1-2-14-26/h3,5,7-11,15H,1-2,12-14H2,(H,25,27). The number of rotatable bonds is 4. The van der Waals surface area contributed by atoms with Gasteiger partial charge in [-0.3, -0.25) is 4.79 Å². The number of halogens is 3. The molecule has 158 valence electrons. The maximum atomic E-state index is 12.7. The van der Waals surface area contributed by atoms with Gasteiger partial charge < -0.3 is 5.32 Å². The van der Waals surface area contributed by atoms with Crippen molar-refractivity contribution in [2.24, 2.45) is 0 Å². The van der Waals surface area contributed by atoms with Gasteiger partial charge in [0.1, 0.15) is 0 Å². The van der Waals surface area contributed by atoms with Crippen LogP contribution in [0.25, 0.3) is 0 Å². The summed E-state index contributed by atoms with van der Waals surface area (Å²) in [6.07, 6.45) is -2.77. The molecule has 0 aliphatic carbocycles. The highest BCUT2D eigenvalue weighted by atomic mass is 32.2. The van der Waals surface area contributed by atoms with E-state index in [9.17, 15) is 26.4 Å². The van der Waals surface area contributed by atoms with Crippen molar-refractivity contribution in [3.8, 4) is 11.8 Å². The van der Waals surface area contributed by atoms with E-state index in [1.165, 1.54) is 40.7 Å². The summed E-state index contributed by atoms with van der Waals surface area (Å²) in [4.78, 5) is 12.3. The van der Waals surface area contributed by atoms with Gasteiger partial charge in [0.2, 0.25) is 10.0 Å². The van der Waals surface area contributed by atoms with Crippen LogP contribution in [0.2, 0.25) is 0 Å². The molecule has 0 spiro atoms. The molecule has 3 rings (SSSR count). The molecule has 5 nitrogen and oxygen atoms in total. The van der Waals surface area contributed by atoms with Gasteiger partial charge in [0.05, 0.1) is 17.0 Å². The van der Waals surface area contributed by atoms with Gasteiger partial charge in [-0.25, -0.2) is 8.42 Å². The SMILES string of the molecule is O=C(NCC#Cc1cccc(C(F)(F)F)c1)c1ccc(S(=O)(=O)N2CCCC2)cc1. The van der Waals surface area contributed by atoms with Crippen LogP contribution >= 0.6 is 0 Å². The highest BCUT2D eigenvalue weighted by Gasteiger charge is 2.30. The predicted octanol–water partition coefficient (Wildman–Crippen LogP) is 3.27. The van der Waals surface area contributed by atoms with E-state index in [2.05, 4.69) is 17.2 Å². The van der Waals surface area contributed by atoms with Crippen LogP contribution in [0.3, 0.4) is 0 Å². The van der Waals surface area contributed by atoms with E-state index in [0.717, 1.165) is 25.0 Å². The van der Waals surface area contributed by atoms with E-state index in [4.69, 9.17) is 0 Å². The molecule has 2 aromatic rings. The molecule has 9 heteroatoms. The topological polar surface area (TPSA) is 66.5 Å². The van der Waals surface area contributed by atoms with Gasteiger partial charge in [-0.1, -0.05) is 17.9 Å². The first-order valence-electron chi connectivity index (χ1n) is 9.22. The van der Waals surface area contributed by atoms with E-state index >= 15 is 0 Å². The predicted molar refractivity (Wildman–Crippen MR) is 105 cm³/mol. The Balaban J connectivity index is 1.59. The number of hydrogen-bond donors (Lipinski definition) is 1. The van der Waals surface area contributed by atoms with Gasteiger partial charge in [-0.2, -0.15) is 17.5 Å². The van der Waals surface area contributed by atoms with Gasteiger partial charge in [0, 0.05) is 24.2 Å². The molecule has 1 aliphatic rings. The molecule has 1 saturated heterocycles. The number of hydrogen-bond acceptors (Lipinski definition) is 3. The molecule has 0 unspecified atom stereocenters. The van der Waals surface area contributed by atoms with Crippen LogP contribution in [0.1, 0.15) is 34.3 Å². The number of nitrogens with zero attached hydrogens (tertiary/aromatic N) is 1. The zero-order chi connectivity index (χ0) is 21.8. The second-order valence-corrected chi connectivity index (χ2v) is 8.64. The van der Waals surface area contributed by atoms with Crippen LogP contribution in [0.15, 0.2) is 53.4 Å². The highest BCUT2D eigenvalue weighted by molar-refractivity contribution is 7.89. The zero-order valence-electron chi connectivity index (χ0n) is 15.9. The molecule has 0 radical (unpaired) electrons. The second-order valence-electron chi connectivity index (χ2n) is 6.70. The summed E-state index contributed by atoms with van der Waals surface area (Å²) in [5.74, 6) is 4.72. The first-order valence-corrected chi connectivity index (χ1v) is 10.7. The number of amides is 1. The lowest BCUT2D eigenvalue weighted by Gasteiger charge is -2.15. The van der Waals surface area contributed by atoms with E-state index < -0.39 is 27.7 Å². The molecule has 0 aromatic heterocycles. The van der Waals surface area contributed by atoms with Crippen LogP contribution in [0.5, 0.6) is 0 Å². The summed E-state index contributed by atoms with van der Waals surface area (Å²) in [6.45, 7) is 0.924. The van der Waals surface area contributed by atoms with Crippen LogP contribution < -0.4 is 5.32 Å². The maximum absolute atomic E-state index is 12.7. The molecule has 1 amide bonds. The summed E-state index contributed by atoms with van der Waals surface area (Å²) >= 11 is 0. The first kappa shape index (κ1) is 21.9. The molecule has 0 atom stereocenters. The summed E-state index contributed by atoms with van der Waals surface area (Å²) in [5.41, 5.74) is -0.339. The van der Waals surface area contributed by atoms with Crippen LogP contribution in [0, 0.1) is 11.8 Å². The number of benzene rings is 2. The largest absolute Gasteiger partial charge is 0.416 e. The molecule has 0 bridgehead atoms. The number of sulfonamides is 1. The van der Waals surface area contributed by atoms with Crippen molar-refractivity contribution in [1.29, 1.82) is 0 Å². The maximum Gasteiger partial charge on any atom is 0.416 e. The number of nitrogens with one attached hydrogen (secondary N) is 1. The van der Waals surface area contributed by atoms with E-state index in [-0.39, 0.29) is 22.6 Å². The normalized spacial score (nSPS) is 14.8. The molecular weight excluding hydrogens is 417 g/mol. The molecule has 0 saturated carbocycles. The average molecular weight is 436 g/mol. The average Bonchev–Trinajstić information content (AvgIpc) is 3.26. The monoisotopic (exact) mass is 436 g/mol. The highest BCUT2D eigenvalue weighted by Crippen LogP contribution is 2.29. The lowest BCUT2D eigenvalue weighted by Crippen LogP contribution is -2.28. The third-order valence-electron chi connectivity index (χ3n) is 4.58. The molecule has 30 heavy (non-hydrogen) atoms. The van der Waals surface area contributed by atoms with Gasteiger partial charge in [-0.05, 0) is 55.3 Å². The first-order chi connectivity index (χ1) is 14.2. The Morgan fingerprint density at radius 1 is 1.07 bits per heavy atom. The Hall–Kier alpha value is -2.83. The summed E-state index contributed by atoms with van der Waals surface area (Å²) in [5, 5.41) is 2.53. The Bertz CT molecular complexity index is 1080. The number of carbonyl (C=O) groups excluding carboxylic acids is 1. The molecule has 2 aromatic carbocycles. The van der Waals surface area contributed by atoms with Crippen LogP contribution in [-0.4, -0.2) is 38.3 Å². The smallest absolute Gasteiger partial charge is 0.341 e. The lowest BCUT2D eigenvalue weighted by atomic mass is 10.1. The van der Waals surface area contributed by atoms with Gasteiger partial charge in [0.15, 0.2) is 0 Å². The van der Waals surface area contributed by atoms with Crippen molar-refractivity contribution in [3.63, 3.8) is 0 Å². The molecule has 1 aliphatic heterocycles. The van der Waals surface area contributed by atoms with Crippen molar-refractivity contribution in [1.82, 2.24) is 9.62 Å². The summed E-state index contributed by atoms with van der Waals surface area (Å²) in [7, 11) is -3.55. The molecule has 1 fully saturated rings. The summed E-state index contributed by atoms with van der Waals surface area (Å²) in [6, 6.07) is 10.2. The third kappa shape index (κ3) is 5.20. The van der Waals surface area contributed by atoms with Crippen LogP contribution in [0.4, 0.5) is 13.2 Å². The van der Waals surface area contributed by atoms with Gasteiger partial charge in [-0.15, -0.1) is 0 Å². The van der Waals surface area contributed by atoms with Gasteiger partial charge >= 0.3 is 6.18 Å². The van der Waals surface area contributed by atoms with Crippen LogP contribution in [-0.2, 0) is 16.2 Å².